The van der Waals surface area contributed by atoms with Crippen LogP contribution in [0.25, 0.3) is 12.2 Å². The molecule has 214 valence electrons. The number of hydrogen-bond acceptors (Lipinski definition) is 4. The summed E-state index contributed by atoms with van der Waals surface area (Å²) >= 11 is 0. The van der Waals surface area contributed by atoms with Crippen molar-refractivity contribution in [1.29, 1.82) is 0 Å². The molecule has 4 aromatic rings. The Kier molecular flexibility index (Phi) is 9.68. The molecular weight excluding hydrogens is 514 g/mol. The Morgan fingerprint density at radius 3 is 1.33 bits per heavy atom. The summed E-state index contributed by atoms with van der Waals surface area (Å²) in [7, 11) is 2.08. The molecular formula is C38H41N3O. The maximum Gasteiger partial charge on any atom is 0.187 e. The van der Waals surface area contributed by atoms with Crippen LogP contribution >= 0.6 is 0 Å². The van der Waals surface area contributed by atoms with Crippen LogP contribution in [-0.2, 0) is 17.9 Å². The zero-order valence-electron chi connectivity index (χ0n) is 25.0. The van der Waals surface area contributed by atoms with E-state index in [2.05, 4.69) is 157 Å². The number of Topliss-reactive ketones (excluding diaryl/α,β-unsaturated/α-hetero) is 1. The second kappa shape index (κ2) is 14.0. The van der Waals surface area contributed by atoms with Crippen LogP contribution in [0, 0.1) is 0 Å². The summed E-state index contributed by atoms with van der Waals surface area (Å²) in [5.74, 6) is 0.139. The predicted octanol–water partition coefficient (Wildman–Crippen LogP) is 7.72. The number of anilines is 2. The SMILES string of the molecule is CCN(Cc1ccccc1)c1ccc(C=C2CN(C)CC(=Cc3ccc(N(CC)Cc4ccccc4)cc3)C2=O)cc1. The van der Waals surface area contributed by atoms with Gasteiger partial charge in [0, 0.05) is 61.8 Å². The van der Waals surface area contributed by atoms with Gasteiger partial charge in [0.2, 0.25) is 0 Å². The molecule has 0 spiro atoms. The highest BCUT2D eigenvalue weighted by Gasteiger charge is 2.24. The monoisotopic (exact) mass is 555 g/mol. The molecule has 0 aliphatic carbocycles. The molecule has 4 nitrogen and oxygen atoms in total. The van der Waals surface area contributed by atoms with E-state index in [1.54, 1.807) is 0 Å². The lowest BCUT2D eigenvalue weighted by Gasteiger charge is -2.26. The minimum absolute atomic E-state index is 0.139. The van der Waals surface area contributed by atoms with E-state index < -0.39 is 0 Å². The van der Waals surface area contributed by atoms with Gasteiger partial charge >= 0.3 is 0 Å². The standard InChI is InChI=1S/C38H41N3O/c1-4-40(26-32-12-8-6-9-13-32)36-20-16-30(17-21-36)24-34-28-39(3)29-35(38(34)42)25-31-18-22-37(23-19-31)41(5-2)27-33-14-10-7-11-15-33/h6-25H,4-5,26-29H2,1-3H3. The molecule has 1 heterocycles. The Morgan fingerprint density at radius 2 is 0.976 bits per heavy atom. The largest absolute Gasteiger partial charge is 0.367 e. The average Bonchev–Trinajstić information content (AvgIpc) is 3.03. The van der Waals surface area contributed by atoms with E-state index in [-0.39, 0.29) is 5.78 Å². The molecule has 0 radical (unpaired) electrons. The summed E-state index contributed by atoms with van der Waals surface area (Å²) in [4.78, 5) is 20.5. The summed E-state index contributed by atoms with van der Waals surface area (Å²) in [6.07, 6.45) is 4.10. The zero-order chi connectivity index (χ0) is 29.3. The average molecular weight is 556 g/mol. The van der Waals surface area contributed by atoms with Gasteiger partial charge in [-0.3, -0.25) is 9.69 Å². The number of rotatable bonds is 10. The van der Waals surface area contributed by atoms with Crippen molar-refractivity contribution in [2.45, 2.75) is 26.9 Å². The fourth-order valence-electron chi connectivity index (χ4n) is 5.55. The van der Waals surface area contributed by atoms with Gasteiger partial charge in [-0.2, -0.15) is 0 Å². The molecule has 0 unspecified atom stereocenters. The fourth-order valence-corrected chi connectivity index (χ4v) is 5.55. The van der Waals surface area contributed by atoms with Crippen molar-refractivity contribution in [3.05, 3.63) is 143 Å². The molecule has 0 amide bonds. The van der Waals surface area contributed by atoms with Crippen molar-refractivity contribution in [2.24, 2.45) is 0 Å². The Labute approximate surface area is 251 Å². The lowest BCUT2D eigenvalue weighted by atomic mass is 9.94. The van der Waals surface area contributed by atoms with Crippen molar-refractivity contribution in [3.8, 4) is 0 Å². The smallest absolute Gasteiger partial charge is 0.187 e. The minimum Gasteiger partial charge on any atom is -0.367 e. The predicted molar refractivity (Wildman–Crippen MR) is 178 cm³/mol. The quantitative estimate of drug-likeness (QED) is 0.187. The van der Waals surface area contributed by atoms with Gasteiger partial charge in [0.05, 0.1) is 0 Å². The molecule has 1 saturated heterocycles. The molecule has 0 N–H and O–H groups in total. The van der Waals surface area contributed by atoms with Gasteiger partial charge in [-0.25, -0.2) is 0 Å². The van der Waals surface area contributed by atoms with E-state index in [1.165, 1.54) is 22.5 Å². The van der Waals surface area contributed by atoms with E-state index in [9.17, 15) is 4.79 Å². The summed E-state index contributed by atoms with van der Waals surface area (Å²) in [6.45, 7) is 9.27. The molecule has 42 heavy (non-hydrogen) atoms. The van der Waals surface area contributed by atoms with E-state index in [1.807, 2.05) is 0 Å². The van der Waals surface area contributed by atoms with Crippen LogP contribution in [0.5, 0.6) is 0 Å². The molecule has 5 rings (SSSR count). The number of nitrogens with zero attached hydrogens (tertiary/aromatic N) is 3. The molecule has 1 aliphatic rings. The summed E-state index contributed by atoms with van der Waals surface area (Å²) in [5.41, 5.74) is 8.72. The zero-order valence-corrected chi connectivity index (χ0v) is 25.0. The van der Waals surface area contributed by atoms with Crippen LogP contribution in [0.15, 0.2) is 120 Å². The van der Waals surface area contributed by atoms with E-state index in [4.69, 9.17) is 0 Å². The number of likely N-dealkylation sites (tertiary alicyclic amines) is 1. The molecule has 4 heteroatoms. The minimum atomic E-state index is 0.139. The number of ketones is 1. The molecule has 1 aliphatic heterocycles. The van der Waals surface area contributed by atoms with Crippen molar-refractivity contribution >= 4 is 29.3 Å². The topological polar surface area (TPSA) is 26.8 Å². The first-order valence-corrected chi connectivity index (χ1v) is 14.9. The maximum absolute atomic E-state index is 13.5. The first kappa shape index (κ1) is 29.1. The van der Waals surface area contributed by atoms with Gasteiger partial charge in [0.1, 0.15) is 0 Å². The van der Waals surface area contributed by atoms with Crippen LogP contribution < -0.4 is 9.80 Å². The Bertz CT molecular complexity index is 1390. The van der Waals surface area contributed by atoms with Gasteiger partial charge in [-0.1, -0.05) is 84.9 Å². The molecule has 0 atom stereocenters. The number of likely N-dealkylation sites (N-methyl/N-ethyl adjacent to an activating group) is 1. The summed E-state index contributed by atoms with van der Waals surface area (Å²) in [5, 5.41) is 0. The third-order valence-corrected chi connectivity index (χ3v) is 7.86. The lowest BCUT2D eigenvalue weighted by molar-refractivity contribution is -0.113. The van der Waals surface area contributed by atoms with Crippen molar-refractivity contribution in [3.63, 3.8) is 0 Å². The van der Waals surface area contributed by atoms with Crippen LogP contribution in [0.4, 0.5) is 11.4 Å². The first-order chi connectivity index (χ1) is 20.5. The number of carbonyl (C=O) groups excluding carboxylic acids is 1. The van der Waals surface area contributed by atoms with E-state index in [0.29, 0.717) is 13.1 Å². The fraction of sp³-hybridized carbons (Fsp3) is 0.237. The summed E-state index contributed by atoms with van der Waals surface area (Å²) in [6, 6.07) is 38.2. The number of hydrogen-bond donors (Lipinski definition) is 0. The van der Waals surface area contributed by atoms with Crippen molar-refractivity contribution in [1.82, 2.24) is 4.90 Å². The van der Waals surface area contributed by atoms with Gasteiger partial charge in [-0.15, -0.1) is 0 Å². The van der Waals surface area contributed by atoms with Gasteiger partial charge in [0.25, 0.3) is 0 Å². The van der Waals surface area contributed by atoms with Gasteiger partial charge in [-0.05, 0) is 79.6 Å². The molecule has 0 bridgehead atoms. The Balaban J connectivity index is 1.29. The molecule has 0 aromatic heterocycles. The van der Waals surface area contributed by atoms with Crippen LogP contribution in [0.2, 0.25) is 0 Å². The van der Waals surface area contributed by atoms with Crippen LogP contribution in [0.3, 0.4) is 0 Å². The number of piperidine rings is 1. The Hall–Kier alpha value is -4.41. The Morgan fingerprint density at radius 1 is 0.595 bits per heavy atom. The van der Waals surface area contributed by atoms with Crippen molar-refractivity contribution < 1.29 is 4.79 Å². The highest BCUT2D eigenvalue weighted by molar-refractivity contribution is 6.14. The van der Waals surface area contributed by atoms with Gasteiger partial charge < -0.3 is 9.80 Å². The molecule has 4 aromatic carbocycles. The number of carbonyl (C=O) groups is 1. The van der Waals surface area contributed by atoms with E-state index >= 15 is 0 Å². The maximum atomic E-state index is 13.5. The molecule has 0 saturated carbocycles. The normalized spacial score (nSPS) is 15.7. The third kappa shape index (κ3) is 7.45. The highest BCUT2D eigenvalue weighted by Crippen LogP contribution is 2.25. The highest BCUT2D eigenvalue weighted by atomic mass is 16.1. The summed E-state index contributed by atoms with van der Waals surface area (Å²) < 4.78 is 0. The molecule has 1 fully saturated rings. The first-order valence-electron chi connectivity index (χ1n) is 14.9. The van der Waals surface area contributed by atoms with Crippen molar-refractivity contribution in [2.75, 3.05) is 43.0 Å². The number of benzene rings is 4. The second-order valence-electron chi connectivity index (χ2n) is 11.0. The second-order valence-corrected chi connectivity index (χ2v) is 11.0. The van der Waals surface area contributed by atoms with Crippen LogP contribution in [0.1, 0.15) is 36.1 Å². The van der Waals surface area contributed by atoms with Gasteiger partial charge in [0.15, 0.2) is 5.78 Å². The van der Waals surface area contributed by atoms with E-state index in [0.717, 1.165) is 48.5 Å². The van der Waals surface area contributed by atoms with Crippen LogP contribution in [-0.4, -0.2) is 43.9 Å². The lowest BCUT2D eigenvalue weighted by Crippen LogP contribution is -2.34. The third-order valence-electron chi connectivity index (χ3n) is 7.86.